The van der Waals surface area contributed by atoms with E-state index in [4.69, 9.17) is 4.98 Å². The largest absolute Gasteiger partial charge is 0.369 e. The Labute approximate surface area is 212 Å². The number of piperidine rings is 1. The van der Waals surface area contributed by atoms with Crippen molar-refractivity contribution in [2.45, 2.75) is 38.5 Å². The van der Waals surface area contributed by atoms with E-state index in [-0.39, 0.29) is 0 Å². The van der Waals surface area contributed by atoms with E-state index in [0.717, 1.165) is 49.4 Å². The molecule has 0 unspecified atom stereocenters. The van der Waals surface area contributed by atoms with E-state index >= 15 is 0 Å². The molecule has 36 heavy (non-hydrogen) atoms. The van der Waals surface area contributed by atoms with Gasteiger partial charge in [0.25, 0.3) is 0 Å². The van der Waals surface area contributed by atoms with Gasteiger partial charge < -0.3 is 10.2 Å². The van der Waals surface area contributed by atoms with Crippen LogP contribution in [0.15, 0.2) is 54.6 Å². The van der Waals surface area contributed by atoms with Gasteiger partial charge in [0, 0.05) is 29.8 Å². The maximum absolute atomic E-state index is 5.14. The van der Waals surface area contributed by atoms with Crippen LogP contribution in [0.3, 0.4) is 0 Å². The quantitative estimate of drug-likeness (QED) is 0.325. The number of likely N-dealkylation sites (tertiary alicyclic amines) is 1. The van der Waals surface area contributed by atoms with Gasteiger partial charge in [-0.15, -0.1) is 10.2 Å². The number of tetrazole rings is 1. The molecule has 2 aliphatic rings. The summed E-state index contributed by atoms with van der Waals surface area (Å²) < 4.78 is 0. The van der Waals surface area contributed by atoms with Crippen LogP contribution in [0.1, 0.15) is 48.1 Å². The van der Waals surface area contributed by atoms with Crippen molar-refractivity contribution >= 4 is 5.82 Å². The monoisotopic (exact) mass is 479 g/mol. The highest BCUT2D eigenvalue weighted by Crippen LogP contribution is 2.42. The zero-order valence-electron chi connectivity index (χ0n) is 21.0. The Kier molecular flexibility index (Phi) is 6.47. The van der Waals surface area contributed by atoms with Crippen molar-refractivity contribution in [1.82, 2.24) is 30.1 Å². The van der Waals surface area contributed by atoms with E-state index in [2.05, 4.69) is 80.2 Å². The lowest BCUT2D eigenvalue weighted by atomic mass is 10.0. The molecule has 0 saturated carbocycles. The molecule has 1 fully saturated rings. The van der Waals surface area contributed by atoms with Crippen molar-refractivity contribution in [1.29, 1.82) is 0 Å². The lowest BCUT2D eigenvalue weighted by Gasteiger charge is -2.26. The minimum absolute atomic E-state index is 0.662. The summed E-state index contributed by atoms with van der Waals surface area (Å²) in [6, 6.07) is 19.4. The third-order valence-corrected chi connectivity index (χ3v) is 7.30. The summed E-state index contributed by atoms with van der Waals surface area (Å²) in [5.74, 6) is 1.68. The van der Waals surface area contributed by atoms with Crippen molar-refractivity contribution in [3.63, 3.8) is 0 Å². The molecule has 7 nitrogen and oxygen atoms in total. The fraction of sp³-hybridized carbons (Fsp3) is 0.379. The number of pyridine rings is 1. The first kappa shape index (κ1) is 22.9. The average Bonchev–Trinajstić information content (AvgIpc) is 3.50. The fourth-order valence-electron chi connectivity index (χ4n) is 5.54. The summed E-state index contributed by atoms with van der Waals surface area (Å²) in [6.45, 7) is 4.58. The van der Waals surface area contributed by atoms with Crippen LogP contribution >= 0.6 is 0 Å². The molecule has 4 aromatic rings. The number of nitrogens with one attached hydrogen (secondary N) is 1. The standard InChI is InChI=1S/C29H33N7/c1-35-33-28(32-34-35)22-11-12-26-23(18-22)19-24-20-25(17-21-9-4-2-5-10-21)31-29(27(24)26)30-13-8-16-36-14-6-3-7-15-36/h2,4-5,9-12,18,20H,3,6-8,13-17,19H2,1H3,(H,30,31). The lowest BCUT2D eigenvalue weighted by molar-refractivity contribution is 0.228. The molecule has 0 bridgehead atoms. The van der Waals surface area contributed by atoms with Crippen molar-refractivity contribution in [2.24, 2.45) is 7.05 Å². The average molecular weight is 480 g/mol. The highest BCUT2D eigenvalue weighted by atomic mass is 15.6. The molecule has 0 atom stereocenters. The third-order valence-electron chi connectivity index (χ3n) is 7.30. The van der Waals surface area contributed by atoms with Crippen LogP contribution in [0.25, 0.3) is 22.5 Å². The highest BCUT2D eigenvalue weighted by Gasteiger charge is 2.25. The Morgan fingerprint density at radius 2 is 1.81 bits per heavy atom. The van der Waals surface area contributed by atoms with Crippen molar-refractivity contribution in [3.05, 3.63) is 77.0 Å². The molecular weight excluding hydrogens is 446 g/mol. The Morgan fingerprint density at radius 1 is 0.944 bits per heavy atom. The van der Waals surface area contributed by atoms with Crippen molar-refractivity contribution in [3.8, 4) is 22.5 Å². The zero-order valence-corrected chi connectivity index (χ0v) is 21.0. The van der Waals surface area contributed by atoms with Gasteiger partial charge in [0.05, 0.1) is 7.05 Å². The number of rotatable bonds is 8. The van der Waals surface area contributed by atoms with Crippen LogP contribution in [0, 0.1) is 0 Å². The zero-order chi connectivity index (χ0) is 24.3. The molecule has 0 radical (unpaired) electrons. The second-order valence-electron chi connectivity index (χ2n) is 9.99. The SMILES string of the molecule is Cn1nnc(-c2ccc3c(c2)Cc2cc(Cc4ccccc4)nc(NCCCN4CCCCC4)c2-3)n1. The number of nitrogens with zero attached hydrogens (tertiary/aromatic N) is 6. The second-order valence-corrected chi connectivity index (χ2v) is 9.99. The number of benzene rings is 2. The number of aromatic nitrogens is 5. The molecule has 2 aromatic heterocycles. The minimum atomic E-state index is 0.662. The summed E-state index contributed by atoms with van der Waals surface area (Å²) in [7, 11) is 1.79. The first-order valence-electron chi connectivity index (χ1n) is 13.1. The van der Waals surface area contributed by atoms with Crippen molar-refractivity contribution in [2.75, 3.05) is 31.5 Å². The highest BCUT2D eigenvalue weighted by molar-refractivity contribution is 5.86. The summed E-state index contributed by atoms with van der Waals surface area (Å²) in [6.07, 6.45) is 6.92. The topological polar surface area (TPSA) is 71.8 Å². The Bertz CT molecular complexity index is 1340. The van der Waals surface area contributed by atoms with E-state index in [1.165, 1.54) is 65.0 Å². The molecule has 1 aliphatic carbocycles. The van der Waals surface area contributed by atoms with E-state index in [9.17, 15) is 0 Å². The normalized spacial score (nSPS) is 15.0. The molecule has 1 saturated heterocycles. The summed E-state index contributed by atoms with van der Waals surface area (Å²) >= 11 is 0. The smallest absolute Gasteiger partial charge is 0.204 e. The number of hydrogen-bond acceptors (Lipinski definition) is 6. The third kappa shape index (κ3) is 4.88. The summed E-state index contributed by atoms with van der Waals surface area (Å²) in [5, 5.41) is 16.3. The van der Waals surface area contributed by atoms with Crippen LogP contribution in [0.2, 0.25) is 0 Å². The first-order valence-corrected chi connectivity index (χ1v) is 13.1. The van der Waals surface area contributed by atoms with Gasteiger partial charge in [-0.1, -0.05) is 48.9 Å². The van der Waals surface area contributed by atoms with Crippen molar-refractivity contribution < 1.29 is 0 Å². The van der Waals surface area contributed by atoms with Gasteiger partial charge in [0.15, 0.2) is 0 Å². The number of aryl methyl sites for hydroxylation is 1. The molecule has 1 aliphatic heterocycles. The molecule has 1 N–H and O–H groups in total. The summed E-state index contributed by atoms with van der Waals surface area (Å²) in [4.78, 5) is 9.25. The molecule has 0 spiro atoms. The van der Waals surface area contributed by atoms with Crippen LogP contribution in [0.5, 0.6) is 0 Å². The fourth-order valence-corrected chi connectivity index (χ4v) is 5.54. The second kappa shape index (κ2) is 10.2. The van der Waals surface area contributed by atoms with Crippen LogP contribution in [-0.2, 0) is 19.9 Å². The Hall–Kier alpha value is -3.58. The van der Waals surface area contributed by atoms with E-state index in [1.807, 2.05) is 0 Å². The first-order chi connectivity index (χ1) is 17.7. The molecule has 3 heterocycles. The molecule has 2 aromatic carbocycles. The Balaban J connectivity index is 1.27. The predicted molar refractivity (Wildman–Crippen MR) is 143 cm³/mol. The lowest BCUT2D eigenvalue weighted by Crippen LogP contribution is -2.31. The summed E-state index contributed by atoms with van der Waals surface area (Å²) in [5.41, 5.74) is 8.55. The number of hydrogen-bond donors (Lipinski definition) is 1. The molecule has 7 heteroatoms. The van der Waals surface area contributed by atoms with Gasteiger partial charge >= 0.3 is 0 Å². The van der Waals surface area contributed by atoms with Gasteiger partial charge in [0.2, 0.25) is 5.82 Å². The molecular formula is C29H33N7. The van der Waals surface area contributed by atoms with Gasteiger partial charge in [0.1, 0.15) is 5.82 Å². The Morgan fingerprint density at radius 3 is 2.61 bits per heavy atom. The van der Waals surface area contributed by atoms with Gasteiger partial charge in [-0.25, -0.2) is 4.98 Å². The maximum Gasteiger partial charge on any atom is 0.204 e. The van der Waals surface area contributed by atoms with Gasteiger partial charge in [-0.2, -0.15) is 4.80 Å². The van der Waals surface area contributed by atoms with Gasteiger partial charge in [-0.05, 0) is 84.9 Å². The minimum Gasteiger partial charge on any atom is -0.369 e. The van der Waals surface area contributed by atoms with E-state index in [0.29, 0.717) is 5.82 Å². The molecule has 6 rings (SSSR count). The number of fused-ring (bicyclic) bond motifs is 3. The van der Waals surface area contributed by atoms with Gasteiger partial charge in [-0.3, -0.25) is 0 Å². The molecule has 0 amide bonds. The van der Waals surface area contributed by atoms with E-state index in [1.54, 1.807) is 7.05 Å². The van der Waals surface area contributed by atoms with E-state index < -0.39 is 0 Å². The predicted octanol–water partition coefficient (Wildman–Crippen LogP) is 4.72. The van der Waals surface area contributed by atoms with Crippen LogP contribution < -0.4 is 5.32 Å². The van der Waals surface area contributed by atoms with Crippen LogP contribution in [0.4, 0.5) is 5.82 Å². The molecule has 184 valence electrons. The maximum atomic E-state index is 5.14. The number of anilines is 1. The van der Waals surface area contributed by atoms with Crippen LogP contribution in [-0.4, -0.2) is 56.3 Å².